The summed E-state index contributed by atoms with van der Waals surface area (Å²) in [4.78, 5) is 2.64. The predicted molar refractivity (Wildman–Crippen MR) is 59.1 cm³/mol. The molecule has 1 rings (SSSR count). The van der Waals surface area contributed by atoms with Crippen LogP contribution in [-0.2, 0) is 0 Å². The van der Waals surface area contributed by atoms with E-state index in [0.717, 1.165) is 5.57 Å². The zero-order chi connectivity index (χ0) is 10.0. The molecular formula is C11H16OS. The maximum atomic E-state index is 9.32. The molecule has 13 heavy (non-hydrogen) atoms. The zero-order valence-electron chi connectivity index (χ0n) is 8.59. The van der Waals surface area contributed by atoms with E-state index in [1.165, 1.54) is 15.3 Å². The molecule has 1 atom stereocenters. The van der Waals surface area contributed by atoms with Gasteiger partial charge in [-0.1, -0.05) is 6.08 Å². The lowest BCUT2D eigenvalue weighted by atomic mass is 10.1. The van der Waals surface area contributed by atoms with Crippen LogP contribution < -0.4 is 0 Å². The second kappa shape index (κ2) is 4.07. The van der Waals surface area contributed by atoms with Gasteiger partial charge < -0.3 is 5.11 Å². The summed E-state index contributed by atoms with van der Waals surface area (Å²) < 4.78 is 0. The molecule has 0 aliphatic rings. The number of hydrogen-bond donors (Lipinski definition) is 1. The first-order chi connectivity index (χ1) is 6.00. The van der Waals surface area contributed by atoms with E-state index < -0.39 is 0 Å². The van der Waals surface area contributed by atoms with Gasteiger partial charge in [0.05, 0.1) is 6.10 Å². The quantitative estimate of drug-likeness (QED) is 0.770. The third kappa shape index (κ3) is 2.68. The van der Waals surface area contributed by atoms with Crippen molar-refractivity contribution in [1.29, 1.82) is 0 Å². The van der Waals surface area contributed by atoms with Crippen LogP contribution in [0.1, 0.15) is 29.2 Å². The monoisotopic (exact) mass is 196 g/mol. The van der Waals surface area contributed by atoms with Crippen LogP contribution in [0, 0.1) is 13.8 Å². The molecule has 0 saturated carbocycles. The van der Waals surface area contributed by atoms with Crippen LogP contribution in [0.15, 0.2) is 11.6 Å². The Kier molecular flexibility index (Phi) is 3.28. The third-order valence-corrected chi connectivity index (χ3v) is 3.10. The molecule has 0 radical (unpaired) electrons. The Labute approximate surface area is 83.7 Å². The van der Waals surface area contributed by atoms with Crippen LogP contribution in [0.25, 0.3) is 6.08 Å². The molecule has 0 bridgehead atoms. The molecule has 1 heterocycles. The largest absolute Gasteiger partial charge is 0.389 e. The van der Waals surface area contributed by atoms with E-state index in [9.17, 15) is 5.11 Å². The van der Waals surface area contributed by atoms with Crippen LogP contribution in [0.5, 0.6) is 0 Å². The smallest absolute Gasteiger partial charge is 0.0722 e. The van der Waals surface area contributed by atoms with E-state index in [1.54, 1.807) is 18.3 Å². The number of aliphatic hydroxyl groups excluding tert-OH is 1. The highest BCUT2D eigenvalue weighted by atomic mass is 32.1. The summed E-state index contributed by atoms with van der Waals surface area (Å²) in [5, 5.41) is 9.32. The molecule has 2 heteroatoms. The summed E-state index contributed by atoms with van der Waals surface area (Å²) in [5.41, 5.74) is 2.25. The first kappa shape index (κ1) is 10.5. The number of aliphatic hydroxyl groups is 1. The van der Waals surface area contributed by atoms with Crippen molar-refractivity contribution >= 4 is 17.4 Å². The van der Waals surface area contributed by atoms with Gasteiger partial charge in [-0.05, 0) is 44.9 Å². The standard InChI is InChI=1S/C11H16OS/c1-7(9(3)12)5-11-6-8(2)13-10(11)4/h5-6,9,12H,1-4H3/b7-5+. The Morgan fingerprint density at radius 1 is 1.54 bits per heavy atom. The summed E-state index contributed by atoms with van der Waals surface area (Å²) in [5.74, 6) is 0. The lowest BCUT2D eigenvalue weighted by molar-refractivity contribution is 0.232. The molecular weight excluding hydrogens is 180 g/mol. The summed E-state index contributed by atoms with van der Waals surface area (Å²) >= 11 is 1.80. The van der Waals surface area contributed by atoms with Gasteiger partial charge in [-0.3, -0.25) is 0 Å². The number of rotatable bonds is 2. The van der Waals surface area contributed by atoms with Crippen molar-refractivity contribution in [2.75, 3.05) is 0 Å². The SMILES string of the molecule is C/C(=C\c1cc(C)sc1C)C(C)O. The molecule has 0 spiro atoms. The normalized spacial score (nSPS) is 14.7. The fraction of sp³-hybridized carbons (Fsp3) is 0.455. The average Bonchev–Trinajstić information content (AvgIpc) is 2.30. The van der Waals surface area contributed by atoms with E-state index in [4.69, 9.17) is 0 Å². The van der Waals surface area contributed by atoms with Crippen molar-refractivity contribution in [1.82, 2.24) is 0 Å². The van der Waals surface area contributed by atoms with Gasteiger partial charge in [0.15, 0.2) is 0 Å². The number of aryl methyl sites for hydroxylation is 2. The Balaban J connectivity index is 2.96. The van der Waals surface area contributed by atoms with E-state index in [1.807, 2.05) is 6.92 Å². The van der Waals surface area contributed by atoms with Gasteiger partial charge in [0.25, 0.3) is 0 Å². The van der Waals surface area contributed by atoms with Gasteiger partial charge in [0, 0.05) is 9.75 Å². The Bertz CT molecular complexity index is 321. The Hall–Kier alpha value is -0.600. The maximum Gasteiger partial charge on any atom is 0.0722 e. The highest BCUT2D eigenvalue weighted by molar-refractivity contribution is 7.12. The first-order valence-electron chi connectivity index (χ1n) is 4.44. The lowest BCUT2D eigenvalue weighted by Gasteiger charge is -2.03. The molecule has 1 aromatic heterocycles. The number of hydrogen-bond acceptors (Lipinski definition) is 2. The summed E-state index contributed by atoms with van der Waals surface area (Å²) in [6.07, 6.45) is 1.71. The summed E-state index contributed by atoms with van der Waals surface area (Å²) in [6, 6.07) is 2.16. The van der Waals surface area contributed by atoms with Crippen molar-refractivity contribution in [3.05, 3.63) is 27.0 Å². The Morgan fingerprint density at radius 3 is 2.54 bits per heavy atom. The highest BCUT2D eigenvalue weighted by Gasteiger charge is 2.02. The van der Waals surface area contributed by atoms with Crippen molar-refractivity contribution in [2.24, 2.45) is 0 Å². The van der Waals surface area contributed by atoms with E-state index >= 15 is 0 Å². The predicted octanol–water partition coefficient (Wildman–Crippen LogP) is 3.15. The zero-order valence-corrected chi connectivity index (χ0v) is 9.40. The van der Waals surface area contributed by atoms with Crippen LogP contribution >= 0.6 is 11.3 Å². The first-order valence-corrected chi connectivity index (χ1v) is 5.25. The third-order valence-electron chi connectivity index (χ3n) is 2.12. The van der Waals surface area contributed by atoms with Gasteiger partial charge in [0.1, 0.15) is 0 Å². The average molecular weight is 196 g/mol. The topological polar surface area (TPSA) is 20.2 Å². The lowest BCUT2D eigenvalue weighted by Crippen LogP contribution is -2.00. The Morgan fingerprint density at radius 2 is 2.15 bits per heavy atom. The van der Waals surface area contributed by atoms with Gasteiger partial charge in [0.2, 0.25) is 0 Å². The maximum absolute atomic E-state index is 9.32. The van der Waals surface area contributed by atoms with Gasteiger partial charge in [-0.2, -0.15) is 0 Å². The molecule has 0 aliphatic carbocycles. The van der Waals surface area contributed by atoms with E-state index in [-0.39, 0.29) is 6.10 Å². The molecule has 1 N–H and O–H groups in total. The second-order valence-electron chi connectivity index (χ2n) is 3.43. The van der Waals surface area contributed by atoms with Crippen LogP contribution in [-0.4, -0.2) is 11.2 Å². The van der Waals surface area contributed by atoms with Crippen molar-refractivity contribution < 1.29 is 5.11 Å². The molecule has 1 unspecified atom stereocenters. The molecule has 0 aliphatic heterocycles. The summed E-state index contributed by atoms with van der Waals surface area (Å²) in [6.45, 7) is 7.96. The minimum atomic E-state index is -0.348. The fourth-order valence-electron chi connectivity index (χ4n) is 1.16. The molecule has 1 aromatic rings. The van der Waals surface area contributed by atoms with Gasteiger partial charge >= 0.3 is 0 Å². The van der Waals surface area contributed by atoms with E-state index in [2.05, 4.69) is 26.0 Å². The molecule has 72 valence electrons. The minimum Gasteiger partial charge on any atom is -0.389 e. The summed E-state index contributed by atoms with van der Waals surface area (Å²) in [7, 11) is 0. The fourth-order valence-corrected chi connectivity index (χ4v) is 2.06. The van der Waals surface area contributed by atoms with Crippen LogP contribution in [0.3, 0.4) is 0 Å². The number of thiophene rings is 1. The van der Waals surface area contributed by atoms with Gasteiger partial charge in [-0.25, -0.2) is 0 Å². The minimum absolute atomic E-state index is 0.348. The molecule has 1 nitrogen and oxygen atoms in total. The molecule has 0 fully saturated rings. The van der Waals surface area contributed by atoms with Crippen molar-refractivity contribution in [3.8, 4) is 0 Å². The van der Waals surface area contributed by atoms with Crippen molar-refractivity contribution in [3.63, 3.8) is 0 Å². The molecule has 0 amide bonds. The molecule has 0 aromatic carbocycles. The second-order valence-corrected chi connectivity index (χ2v) is 4.89. The highest BCUT2D eigenvalue weighted by Crippen LogP contribution is 2.23. The van der Waals surface area contributed by atoms with Crippen LogP contribution in [0.4, 0.5) is 0 Å². The van der Waals surface area contributed by atoms with E-state index in [0.29, 0.717) is 0 Å². The van der Waals surface area contributed by atoms with Crippen LogP contribution in [0.2, 0.25) is 0 Å². The molecule has 0 saturated heterocycles. The van der Waals surface area contributed by atoms with Gasteiger partial charge in [-0.15, -0.1) is 11.3 Å². The van der Waals surface area contributed by atoms with Crippen molar-refractivity contribution in [2.45, 2.75) is 33.8 Å².